The van der Waals surface area contributed by atoms with Crippen molar-refractivity contribution in [1.82, 2.24) is 0 Å². The standard InChI is InChI=1S/C34H56N2/c1-21(2)25-17-15-18-26(22(3)4)29(25)35-31(33(9,10)11)32(34(12,13)14)36-30-27(23(5)6)19-16-20-28(30)24(7)8/h15-24,31-32,35-36H,1-14H3. The zero-order chi connectivity index (χ0) is 27.6. The summed E-state index contributed by atoms with van der Waals surface area (Å²) in [5, 5.41) is 8.36. The number of anilines is 2. The van der Waals surface area contributed by atoms with Crippen LogP contribution in [0.2, 0.25) is 0 Å². The lowest BCUT2D eigenvalue weighted by Gasteiger charge is -2.46. The van der Waals surface area contributed by atoms with Crippen LogP contribution in [0, 0.1) is 10.8 Å². The van der Waals surface area contributed by atoms with Crippen molar-refractivity contribution in [3.05, 3.63) is 58.7 Å². The Balaban J connectivity index is 2.74. The summed E-state index contributed by atoms with van der Waals surface area (Å²) in [4.78, 5) is 0. The molecule has 0 aromatic heterocycles. The molecule has 0 aliphatic heterocycles. The van der Waals surface area contributed by atoms with Gasteiger partial charge in [-0.15, -0.1) is 0 Å². The number of nitrogens with one attached hydrogen (secondary N) is 2. The van der Waals surface area contributed by atoms with E-state index in [4.69, 9.17) is 0 Å². The Morgan fingerprint density at radius 1 is 0.444 bits per heavy atom. The average molecular weight is 493 g/mol. The van der Waals surface area contributed by atoms with Crippen LogP contribution in [0.15, 0.2) is 36.4 Å². The zero-order valence-corrected chi connectivity index (χ0v) is 25.9. The van der Waals surface area contributed by atoms with Gasteiger partial charge in [0.25, 0.3) is 0 Å². The highest BCUT2D eigenvalue weighted by atomic mass is 15.1. The van der Waals surface area contributed by atoms with Gasteiger partial charge in [0.1, 0.15) is 0 Å². The monoisotopic (exact) mass is 492 g/mol. The van der Waals surface area contributed by atoms with Crippen LogP contribution in [-0.2, 0) is 0 Å². The molecular weight excluding hydrogens is 436 g/mol. The molecule has 2 unspecified atom stereocenters. The van der Waals surface area contributed by atoms with Crippen molar-refractivity contribution >= 4 is 11.4 Å². The van der Waals surface area contributed by atoms with Crippen molar-refractivity contribution in [2.45, 2.75) is 133 Å². The van der Waals surface area contributed by atoms with Crippen molar-refractivity contribution in [2.24, 2.45) is 10.8 Å². The Hall–Kier alpha value is -1.96. The molecule has 0 saturated heterocycles. The summed E-state index contributed by atoms with van der Waals surface area (Å²) in [5.41, 5.74) is 8.38. The highest BCUT2D eigenvalue weighted by Crippen LogP contribution is 2.41. The first kappa shape index (κ1) is 30.3. The molecule has 0 bridgehead atoms. The Bertz CT molecular complexity index is 849. The maximum atomic E-state index is 4.18. The smallest absolute Gasteiger partial charge is 0.0516 e. The van der Waals surface area contributed by atoms with Crippen molar-refractivity contribution < 1.29 is 0 Å². The van der Waals surface area contributed by atoms with Crippen LogP contribution in [-0.4, -0.2) is 12.1 Å². The molecule has 2 heteroatoms. The molecule has 0 aliphatic carbocycles. The molecule has 2 atom stereocenters. The third kappa shape index (κ3) is 7.08. The molecule has 2 rings (SSSR count). The topological polar surface area (TPSA) is 24.1 Å². The molecule has 0 spiro atoms. The summed E-state index contributed by atoms with van der Waals surface area (Å²) in [6.07, 6.45) is 0. The minimum Gasteiger partial charge on any atom is -0.379 e. The van der Waals surface area contributed by atoms with Crippen LogP contribution in [0.25, 0.3) is 0 Å². The van der Waals surface area contributed by atoms with Gasteiger partial charge < -0.3 is 10.6 Å². The minimum atomic E-state index is 0.0358. The quantitative estimate of drug-likeness (QED) is 0.364. The summed E-state index contributed by atoms with van der Waals surface area (Å²) in [6.45, 7) is 32.8. The number of hydrogen-bond acceptors (Lipinski definition) is 2. The third-order valence-electron chi connectivity index (χ3n) is 7.54. The normalized spacial score (nSPS) is 14.6. The molecule has 2 nitrogen and oxygen atoms in total. The second-order valence-electron chi connectivity index (χ2n) is 14.2. The highest BCUT2D eigenvalue weighted by molar-refractivity contribution is 5.63. The molecule has 2 aromatic rings. The van der Waals surface area contributed by atoms with Gasteiger partial charge in [0.2, 0.25) is 0 Å². The second-order valence-corrected chi connectivity index (χ2v) is 14.2. The van der Waals surface area contributed by atoms with Crippen LogP contribution in [0.3, 0.4) is 0 Å². The first-order valence-corrected chi connectivity index (χ1v) is 14.2. The molecule has 0 amide bonds. The molecule has 36 heavy (non-hydrogen) atoms. The lowest BCUT2D eigenvalue weighted by Crippen LogP contribution is -2.54. The number of para-hydroxylation sites is 2. The number of benzene rings is 2. The summed E-state index contributed by atoms with van der Waals surface area (Å²) >= 11 is 0. The van der Waals surface area contributed by atoms with Crippen LogP contribution in [0.4, 0.5) is 11.4 Å². The molecule has 0 radical (unpaired) electrons. The second kappa shape index (κ2) is 11.6. The van der Waals surface area contributed by atoms with Crippen LogP contribution >= 0.6 is 0 Å². The molecule has 202 valence electrons. The Morgan fingerprint density at radius 2 is 0.667 bits per heavy atom. The van der Waals surface area contributed by atoms with Crippen molar-refractivity contribution in [3.8, 4) is 0 Å². The highest BCUT2D eigenvalue weighted by Gasteiger charge is 2.40. The van der Waals surface area contributed by atoms with Gasteiger partial charge in [-0.3, -0.25) is 0 Å². The summed E-state index contributed by atoms with van der Waals surface area (Å²) in [7, 11) is 0. The van der Waals surface area contributed by atoms with E-state index in [1.54, 1.807) is 0 Å². The fourth-order valence-corrected chi connectivity index (χ4v) is 5.35. The third-order valence-corrected chi connectivity index (χ3v) is 7.54. The van der Waals surface area contributed by atoms with Gasteiger partial charge in [-0.25, -0.2) is 0 Å². The lowest BCUT2D eigenvalue weighted by atomic mass is 9.71. The minimum absolute atomic E-state index is 0.0358. The first-order chi connectivity index (χ1) is 16.5. The molecule has 0 aliphatic rings. The SMILES string of the molecule is CC(C)c1cccc(C(C)C)c1NC(C(Nc1c(C(C)C)cccc1C(C)C)C(C)(C)C)C(C)(C)C. The van der Waals surface area contributed by atoms with Crippen molar-refractivity contribution in [2.75, 3.05) is 10.6 Å². The number of rotatable bonds is 9. The van der Waals surface area contributed by atoms with E-state index in [2.05, 4.69) is 144 Å². The fourth-order valence-electron chi connectivity index (χ4n) is 5.35. The van der Waals surface area contributed by atoms with E-state index in [-0.39, 0.29) is 22.9 Å². The van der Waals surface area contributed by atoms with E-state index in [0.717, 1.165) is 0 Å². The van der Waals surface area contributed by atoms with E-state index in [1.165, 1.54) is 33.6 Å². The van der Waals surface area contributed by atoms with E-state index in [0.29, 0.717) is 23.7 Å². The van der Waals surface area contributed by atoms with E-state index < -0.39 is 0 Å². The largest absolute Gasteiger partial charge is 0.379 e. The molecule has 0 heterocycles. The molecule has 2 aromatic carbocycles. The van der Waals surface area contributed by atoms with Crippen molar-refractivity contribution in [1.29, 1.82) is 0 Å². The van der Waals surface area contributed by atoms with Crippen molar-refractivity contribution in [3.63, 3.8) is 0 Å². The Morgan fingerprint density at radius 3 is 0.833 bits per heavy atom. The van der Waals surface area contributed by atoms with Crippen LogP contribution < -0.4 is 10.6 Å². The average Bonchev–Trinajstić information content (AvgIpc) is 2.73. The van der Waals surface area contributed by atoms with Gasteiger partial charge in [0.05, 0.1) is 12.1 Å². The summed E-state index contributed by atoms with van der Waals surface area (Å²) in [5.74, 6) is 1.84. The predicted molar refractivity (Wildman–Crippen MR) is 163 cm³/mol. The van der Waals surface area contributed by atoms with Gasteiger partial charge in [0.15, 0.2) is 0 Å². The molecular formula is C34H56N2. The van der Waals surface area contributed by atoms with Gasteiger partial charge >= 0.3 is 0 Å². The zero-order valence-electron chi connectivity index (χ0n) is 25.9. The fraction of sp³-hybridized carbons (Fsp3) is 0.647. The van der Waals surface area contributed by atoms with E-state index in [9.17, 15) is 0 Å². The van der Waals surface area contributed by atoms with E-state index in [1.807, 2.05) is 0 Å². The summed E-state index contributed by atoms with van der Waals surface area (Å²) in [6, 6.07) is 14.1. The number of hydrogen-bond donors (Lipinski definition) is 2. The molecule has 0 fully saturated rings. The summed E-state index contributed by atoms with van der Waals surface area (Å²) < 4.78 is 0. The van der Waals surface area contributed by atoms with Crippen LogP contribution in [0.1, 0.15) is 143 Å². The predicted octanol–water partition coefficient (Wildman–Crippen LogP) is 10.5. The molecule has 2 N–H and O–H groups in total. The Labute approximate surface area is 224 Å². The Kier molecular flexibility index (Phi) is 9.76. The van der Waals surface area contributed by atoms with Gasteiger partial charge in [-0.05, 0) is 56.8 Å². The van der Waals surface area contributed by atoms with Gasteiger partial charge in [-0.2, -0.15) is 0 Å². The maximum Gasteiger partial charge on any atom is 0.0516 e. The van der Waals surface area contributed by atoms with E-state index >= 15 is 0 Å². The van der Waals surface area contributed by atoms with Gasteiger partial charge in [0, 0.05) is 11.4 Å². The first-order valence-electron chi connectivity index (χ1n) is 14.2. The molecule has 0 saturated carbocycles. The maximum absolute atomic E-state index is 4.18. The van der Waals surface area contributed by atoms with Gasteiger partial charge in [-0.1, -0.05) is 133 Å². The van der Waals surface area contributed by atoms with Crippen LogP contribution in [0.5, 0.6) is 0 Å². The lowest BCUT2D eigenvalue weighted by molar-refractivity contribution is 0.220.